The molecule has 0 saturated carbocycles. The van der Waals surface area contributed by atoms with Gasteiger partial charge in [0.05, 0.1) is 16.4 Å². The van der Waals surface area contributed by atoms with Crippen molar-refractivity contribution in [1.82, 2.24) is 5.43 Å². The minimum atomic E-state index is -0.276. The molecule has 0 fully saturated rings. The number of hydrazone groups is 1. The van der Waals surface area contributed by atoms with E-state index in [9.17, 15) is 4.79 Å². The standard InChI is InChI=1S/C23H19IN2O2/c1-28-22-15-13-19(16-20(22)24)23(27)26-25-21(18-10-6-3-7-11-18)14-12-17-8-4-2-5-9-17/h2-16H,1H3,(H,26,27)/b14-12+,25-21?. The number of rotatable bonds is 6. The topological polar surface area (TPSA) is 50.7 Å². The zero-order valence-electron chi connectivity index (χ0n) is 15.3. The quantitative estimate of drug-likeness (QED) is 0.300. The van der Waals surface area contributed by atoms with Crippen molar-refractivity contribution >= 4 is 40.3 Å². The summed E-state index contributed by atoms with van der Waals surface area (Å²) in [7, 11) is 1.60. The van der Waals surface area contributed by atoms with Gasteiger partial charge in [-0.2, -0.15) is 5.10 Å². The third kappa shape index (κ3) is 5.29. The molecular weight excluding hydrogens is 463 g/mol. The molecule has 1 amide bonds. The molecule has 0 aliphatic heterocycles. The number of hydrogen-bond donors (Lipinski definition) is 1. The van der Waals surface area contributed by atoms with Crippen LogP contribution in [-0.2, 0) is 0 Å². The van der Waals surface area contributed by atoms with Gasteiger partial charge in [-0.3, -0.25) is 4.79 Å². The minimum Gasteiger partial charge on any atom is -0.496 e. The number of hydrogen-bond acceptors (Lipinski definition) is 3. The molecular formula is C23H19IN2O2. The molecule has 0 atom stereocenters. The van der Waals surface area contributed by atoms with E-state index < -0.39 is 0 Å². The fourth-order valence-corrected chi connectivity index (χ4v) is 3.26. The molecule has 0 aliphatic carbocycles. The molecule has 1 N–H and O–H groups in total. The van der Waals surface area contributed by atoms with Crippen LogP contribution in [0, 0.1) is 3.57 Å². The molecule has 4 nitrogen and oxygen atoms in total. The predicted molar refractivity (Wildman–Crippen MR) is 122 cm³/mol. The molecule has 28 heavy (non-hydrogen) atoms. The second-order valence-electron chi connectivity index (χ2n) is 5.90. The van der Waals surface area contributed by atoms with E-state index in [0.29, 0.717) is 11.3 Å². The SMILES string of the molecule is COc1ccc(C(=O)NN=C(/C=C/c2ccccc2)c2ccccc2)cc1I. The number of halogens is 1. The van der Waals surface area contributed by atoms with Crippen LogP contribution >= 0.6 is 22.6 Å². The van der Waals surface area contributed by atoms with Crippen molar-refractivity contribution in [3.63, 3.8) is 0 Å². The summed E-state index contributed by atoms with van der Waals surface area (Å²) in [6.07, 6.45) is 3.86. The molecule has 140 valence electrons. The van der Waals surface area contributed by atoms with Crippen molar-refractivity contribution in [3.8, 4) is 5.75 Å². The van der Waals surface area contributed by atoms with E-state index in [-0.39, 0.29) is 5.91 Å². The Morgan fingerprint density at radius 2 is 1.64 bits per heavy atom. The summed E-state index contributed by atoms with van der Waals surface area (Å²) in [5.74, 6) is 0.457. The molecule has 0 radical (unpaired) electrons. The summed E-state index contributed by atoms with van der Waals surface area (Å²) >= 11 is 2.14. The Kier molecular flexibility index (Phi) is 6.97. The van der Waals surface area contributed by atoms with E-state index in [1.54, 1.807) is 25.3 Å². The molecule has 3 rings (SSSR count). The van der Waals surface area contributed by atoms with Gasteiger partial charge in [-0.1, -0.05) is 66.7 Å². The molecule has 0 spiro atoms. The van der Waals surface area contributed by atoms with Gasteiger partial charge in [-0.15, -0.1) is 0 Å². The Bertz CT molecular complexity index is 1000. The summed E-state index contributed by atoms with van der Waals surface area (Å²) in [6.45, 7) is 0. The van der Waals surface area contributed by atoms with Crippen LogP contribution in [0.5, 0.6) is 5.75 Å². The van der Waals surface area contributed by atoms with E-state index in [0.717, 1.165) is 20.4 Å². The highest BCUT2D eigenvalue weighted by Crippen LogP contribution is 2.21. The molecule has 0 aromatic heterocycles. The number of benzene rings is 3. The van der Waals surface area contributed by atoms with Gasteiger partial charge in [0.2, 0.25) is 0 Å². The Labute approximate surface area is 178 Å². The molecule has 0 aliphatic rings. The van der Waals surface area contributed by atoms with Crippen LogP contribution < -0.4 is 10.2 Å². The van der Waals surface area contributed by atoms with Gasteiger partial charge in [0.1, 0.15) is 5.75 Å². The van der Waals surface area contributed by atoms with E-state index in [2.05, 4.69) is 33.1 Å². The van der Waals surface area contributed by atoms with E-state index in [4.69, 9.17) is 4.74 Å². The molecule has 5 heteroatoms. The fourth-order valence-electron chi connectivity index (χ4n) is 2.53. The lowest BCUT2D eigenvalue weighted by Crippen LogP contribution is -2.19. The van der Waals surface area contributed by atoms with Crippen molar-refractivity contribution in [3.05, 3.63) is 105 Å². The first-order chi connectivity index (χ1) is 13.7. The van der Waals surface area contributed by atoms with Gasteiger partial charge >= 0.3 is 0 Å². The maximum absolute atomic E-state index is 12.5. The molecule has 3 aromatic carbocycles. The summed E-state index contributed by atoms with van der Waals surface area (Å²) in [5.41, 5.74) is 5.81. The number of ether oxygens (including phenoxy) is 1. The first kappa shape index (κ1) is 19.8. The van der Waals surface area contributed by atoms with Crippen LogP contribution in [0.1, 0.15) is 21.5 Å². The Morgan fingerprint density at radius 1 is 0.964 bits per heavy atom. The van der Waals surface area contributed by atoms with E-state index >= 15 is 0 Å². The van der Waals surface area contributed by atoms with Crippen LogP contribution in [0.15, 0.2) is 90.0 Å². The maximum Gasteiger partial charge on any atom is 0.271 e. The van der Waals surface area contributed by atoms with Crippen molar-refractivity contribution in [1.29, 1.82) is 0 Å². The fraction of sp³-hybridized carbons (Fsp3) is 0.0435. The third-order valence-electron chi connectivity index (χ3n) is 3.99. The van der Waals surface area contributed by atoms with Crippen molar-refractivity contribution in [2.24, 2.45) is 5.10 Å². The highest BCUT2D eigenvalue weighted by atomic mass is 127. The van der Waals surface area contributed by atoms with Gasteiger partial charge in [0, 0.05) is 11.1 Å². The second kappa shape index (κ2) is 9.85. The summed E-state index contributed by atoms with van der Waals surface area (Å²) < 4.78 is 6.10. The lowest BCUT2D eigenvalue weighted by atomic mass is 10.1. The summed E-state index contributed by atoms with van der Waals surface area (Å²) in [5, 5.41) is 4.35. The monoisotopic (exact) mass is 482 g/mol. The third-order valence-corrected chi connectivity index (χ3v) is 4.84. The maximum atomic E-state index is 12.5. The smallest absolute Gasteiger partial charge is 0.271 e. The van der Waals surface area contributed by atoms with Crippen molar-refractivity contribution in [2.45, 2.75) is 0 Å². The number of methoxy groups -OCH3 is 1. The zero-order valence-corrected chi connectivity index (χ0v) is 17.5. The molecule has 0 saturated heterocycles. The first-order valence-electron chi connectivity index (χ1n) is 8.67. The van der Waals surface area contributed by atoms with Crippen LogP contribution in [0.25, 0.3) is 6.08 Å². The first-order valence-corrected chi connectivity index (χ1v) is 9.75. The lowest BCUT2D eigenvalue weighted by Gasteiger charge is -2.07. The average molecular weight is 482 g/mol. The van der Waals surface area contributed by atoms with Gasteiger partial charge < -0.3 is 4.74 Å². The van der Waals surface area contributed by atoms with Crippen LogP contribution in [0.3, 0.4) is 0 Å². The van der Waals surface area contributed by atoms with Gasteiger partial charge in [-0.25, -0.2) is 5.43 Å². The second-order valence-corrected chi connectivity index (χ2v) is 7.06. The number of nitrogens with zero attached hydrogens (tertiary/aromatic N) is 1. The minimum absolute atomic E-state index is 0.276. The van der Waals surface area contributed by atoms with E-state index in [1.165, 1.54) is 0 Å². The number of carbonyl (C=O) groups is 1. The van der Waals surface area contributed by atoms with Gasteiger partial charge in [0.15, 0.2) is 0 Å². The van der Waals surface area contributed by atoms with Crippen molar-refractivity contribution in [2.75, 3.05) is 7.11 Å². The zero-order chi connectivity index (χ0) is 19.8. The van der Waals surface area contributed by atoms with Crippen LogP contribution in [0.2, 0.25) is 0 Å². The number of nitrogens with one attached hydrogen (secondary N) is 1. The molecule has 0 heterocycles. The lowest BCUT2D eigenvalue weighted by molar-refractivity contribution is 0.0955. The Balaban J connectivity index is 1.83. The molecule has 0 unspecified atom stereocenters. The summed E-state index contributed by atoms with van der Waals surface area (Å²) in [4.78, 5) is 12.5. The van der Waals surface area contributed by atoms with Gasteiger partial charge in [-0.05, 0) is 52.4 Å². The molecule has 3 aromatic rings. The molecule has 0 bridgehead atoms. The van der Waals surface area contributed by atoms with E-state index in [1.807, 2.05) is 72.8 Å². The Morgan fingerprint density at radius 3 is 2.29 bits per heavy atom. The largest absolute Gasteiger partial charge is 0.496 e. The number of carbonyl (C=O) groups excluding carboxylic acids is 1. The van der Waals surface area contributed by atoms with Gasteiger partial charge in [0.25, 0.3) is 5.91 Å². The number of amides is 1. The van der Waals surface area contributed by atoms with Crippen LogP contribution in [-0.4, -0.2) is 18.7 Å². The highest BCUT2D eigenvalue weighted by Gasteiger charge is 2.09. The highest BCUT2D eigenvalue weighted by molar-refractivity contribution is 14.1. The normalized spacial score (nSPS) is 11.4. The van der Waals surface area contributed by atoms with Crippen LogP contribution in [0.4, 0.5) is 0 Å². The summed E-state index contributed by atoms with van der Waals surface area (Å²) in [6, 6.07) is 24.9. The van der Waals surface area contributed by atoms with Crippen molar-refractivity contribution < 1.29 is 9.53 Å². The predicted octanol–water partition coefficient (Wildman–Crippen LogP) is 5.15. The number of allylic oxidation sites excluding steroid dienone is 1. The Hall–Kier alpha value is -2.93. The average Bonchev–Trinajstić information content (AvgIpc) is 2.75.